The molecule has 2 heteroatoms. The van der Waals surface area contributed by atoms with Gasteiger partial charge in [-0.15, -0.1) is 11.8 Å². The van der Waals surface area contributed by atoms with Crippen LogP contribution in [0.1, 0.15) is 0 Å². The lowest BCUT2D eigenvalue weighted by molar-refractivity contribution is 1.16. The molecule has 1 heterocycles. The summed E-state index contributed by atoms with van der Waals surface area (Å²) >= 11 is 1.73. The normalized spacial score (nSPS) is 19.1. The van der Waals surface area contributed by atoms with Crippen LogP contribution >= 0.6 is 11.8 Å². The number of nitrogens with one attached hydrogen (secondary N) is 1. The first-order valence-corrected chi connectivity index (χ1v) is 3.11. The number of thioether (sulfide) groups is 1. The minimum absolute atomic E-state index is 1.04. The SMILES string of the molecule is C=C1NC=CCS1. The number of hydrogen-bond acceptors (Lipinski definition) is 2. The van der Waals surface area contributed by atoms with Crippen molar-refractivity contribution in [1.82, 2.24) is 5.32 Å². The lowest BCUT2D eigenvalue weighted by Gasteiger charge is -2.06. The standard InChI is InChI=1S/C5H7NS/c1-5-6-3-2-4-7-5/h2-3,6H,1,4H2. The second kappa shape index (κ2) is 2.07. The third kappa shape index (κ3) is 1.27. The summed E-state index contributed by atoms with van der Waals surface area (Å²) in [5, 5.41) is 4.01. The predicted octanol–water partition coefficient (Wildman–Crippen LogP) is 1.31. The Balaban J connectivity index is 2.47. The van der Waals surface area contributed by atoms with Crippen LogP contribution in [0, 0.1) is 0 Å². The van der Waals surface area contributed by atoms with Crippen molar-refractivity contribution < 1.29 is 0 Å². The molecule has 0 bridgehead atoms. The van der Waals surface area contributed by atoms with Crippen molar-refractivity contribution in [3.8, 4) is 0 Å². The minimum atomic E-state index is 1.04. The average molecular weight is 113 g/mol. The Bertz CT molecular complexity index is 107. The van der Waals surface area contributed by atoms with E-state index in [-0.39, 0.29) is 0 Å². The van der Waals surface area contributed by atoms with Crippen molar-refractivity contribution >= 4 is 11.8 Å². The first kappa shape index (κ1) is 4.78. The Hall–Kier alpha value is -0.370. The van der Waals surface area contributed by atoms with Crippen LogP contribution in [0.3, 0.4) is 0 Å². The van der Waals surface area contributed by atoms with E-state index in [1.54, 1.807) is 11.8 Å². The molecule has 0 aliphatic carbocycles. The molecule has 0 spiro atoms. The highest BCUT2D eigenvalue weighted by Crippen LogP contribution is 2.12. The van der Waals surface area contributed by atoms with Crippen LogP contribution < -0.4 is 5.32 Å². The highest BCUT2D eigenvalue weighted by molar-refractivity contribution is 8.03. The van der Waals surface area contributed by atoms with E-state index in [1.165, 1.54) is 0 Å². The van der Waals surface area contributed by atoms with Gasteiger partial charge in [0.1, 0.15) is 0 Å². The van der Waals surface area contributed by atoms with Gasteiger partial charge in [-0.25, -0.2) is 0 Å². The van der Waals surface area contributed by atoms with Gasteiger partial charge in [-0.2, -0.15) is 0 Å². The Morgan fingerprint density at radius 2 is 2.71 bits per heavy atom. The smallest absolute Gasteiger partial charge is 0.0650 e. The molecule has 0 saturated heterocycles. The zero-order valence-electron chi connectivity index (χ0n) is 3.98. The van der Waals surface area contributed by atoms with Crippen molar-refractivity contribution in [2.75, 3.05) is 5.75 Å². The predicted molar refractivity (Wildman–Crippen MR) is 33.9 cm³/mol. The van der Waals surface area contributed by atoms with E-state index < -0.39 is 0 Å². The zero-order valence-corrected chi connectivity index (χ0v) is 4.79. The van der Waals surface area contributed by atoms with Gasteiger partial charge in [-0.3, -0.25) is 0 Å². The van der Waals surface area contributed by atoms with Gasteiger partial charge >= 0.3 is 0 Å². The molecule has 0 aromatic heterocycles. The molecule has 0 saturated carbocycles. The van der Waals surface area contributed by atoms with Crippen LogP contribution in [0.2, 0.25) is 0 Å². The molecule has 1 nitrogen and oxygen atoms in total. The quantitative estimate of drug-likeness (QED) is 0.508. The van der Waals surface area contributed by atoms with Crippen molar-refractivity contribution in [2.45, 2.75) is 0 Å². The Morgan fingerprint density at radius 1 is 1.86 bits per heavy atom. The van der Waals surface area contributed by atoms with E-state index in [4.69, 9.17) is 0 Å². The fraction of sp³-hybridized carbons (Fsp3) is 0.200. The molecule has 1 aliphatic rings. The summed E-state index contributed by atoms with van der Waals surface area (Å²) in [5.41, 5.74) is 0. The molecule has 0 radical (unpaired) electrons. The van der Waals surface area contributed by atoms with E-state index in [0.29, 0.717) is 0 Å². The van der Waals surface area contributed by atoms with Crippen molar-refractivity contribution in [3.63, 3.8) is 0 Å². The van der Waals surface area contributed by atoms with Crippen LogP contribution in [-0.4, -0.2) is 5.75 Å². The van der Waals surface area contributed by atoms with Crippen molar-refractivity contribution in [1.29, 1.82) is 0 Å². The van der Waals surface area contributed by atoms with Gasteiger partial charge in [0.05, 0.1) is 5.03 Å². The highest BCUT2D eigenvalue weighted by Gasteiger charge is 1.92. The summed E-state index contributed by atoms with van der Waals surface area (Å²) in [6.07, 6.45) is 3.98. The van der Waals surface area contributed by atoms with Gasteiger partial charge in [0.15, 0.2) is 0 Å². The monoisotopic (exact) mass is 113 g/mol. The van der Waals surface area contributed by atoms with Gasteiger partial charge in [0.25, 0.3) is 0 Å². The molecule has 38 valence electrons. The third-order valence-corrected chi connectivity index (χ3v) is 1.54. The lowest BCUT2D eigenvalue weighted by atomic mass is 10.7. The molecular weight excluding hydrogens is 106 g/mol. The van der Waals surface area contributed by atoms with Crippen LogP contribution in [-0.2, 0) is 0 Å². The summed E-state index contributed by atoms with van der Waals surface area (Å²) in [6.45, 7) is 3.71. The Labute approximate surface area is 47.5 Å². The molecule has 0 aromatic carbocycles. The van der Waals surface area contributed by atoms with Crippen LogP contribution in [0.4, 0.5) is 0 Å². The molecule has 1 rings (SSSR count). The summed E-state index contributed by atoms with van der Waals surface area (Å²) in [4.78, 5) is 0. The second-order valence-corrected chi connectivity index (χ2v) is 2.40. The number of hydrogen-bond donors (Lipinski definition) is 1. The first-order chi connectivity index (χ1) is 3.39. The molecule has 0 atom stereocenters. The molecule has 7 heavy (non-hydrogen) atoms. The largest absolute Gasteiger partial charge is 0.357 e. The minimum Gasteiger partial charge on any atom is -0.357 e. The van der Waals surface area contributed by atoms with Gasteiger partial charge in [-0.05, 0) is 6.20 Å². The molecule has 1 aliphatic heterocycles. The van der Waals surface area contributed by atoms with Crippen LogP contribution in [0.25, 0.3) is 0 Å². The maximum absolute atomic E-state index is 3.71. The number of rotatable bonds is 0. The van der Waals surface area contributed by atoms with Gasteiger partial charge < -0.3 is 5.32 Å². The van der Waals surface area contributed by atoms with Crippen molar-refractivity contribution in [3.05, 3.63) is 23.9 Å². The van der Waals surface area contributed by atoms with E-state index in [2.05, 4.69) is 18.0 Å². The fourth-order valence-electron chi connectivity index (χ4n) is 0.390. The van der Waals surface area contributed by atoms with E-state index in [1.807, 2.05) is 6.20 Å². The highest BCUT2D eigenvalue weighted by atomic mass is 32.2. The lowest BCUT2D eigenvalue weighted by Crippen LogP contribution is -2.03. The zero-order chi connectivity index (χ0) is 5.11. The van der Waals surface area contributed by atoms with Crippen LogP contribution in [0.15, 0.2) is 23.9 Å². The van der Waals surface area contributed by atoms with Crippen molar-refractivity contribution in [2.24, 2.45) is 0 Å². The van der Waals surface area contributed by atoms with Crippen LogP contribution in [0.5, 0.6) is 0 Å². The summed E-state index contributed by atoms with van der Waals surface area (Å²) in [6, 6.07) is 0. The maximum Gasteiger partial charge on any atom is 0.0650 e. The second-order valence-electron chi connectivity index (χ2n) is 1.28. The van der Waals surface area contributed by atoms with E-state index in [9.17, 15) is 0 Å². The maximum atomic E-state index is 3.71. The molecule has 0 aromatic rings. The van der Waals surface area contributed by atoms with Gasteiger partial charge in [-0.1, -0.05) is 12.7 Å². The topological polar surface area (TPSA) is 12.0 Å². The first-order valence-electron chi connectivity index (χ1n) is 2.13. The van der Waals surface area contributed by atoms with Gasteiger partial charge in [0.2, 0.25) is 0 Å². The van der Waals surface area contributed by atoms with E-state index >= 15 is 0 Å². The fourth-order valence-corrected chi connectivity index (χ4v) is 0.935. The average Bonchev–Trinajstić information content (AvgIpc) is 1.69. The molecular formula is C5H7NS. The Kier molecular flexibility index (Phi) is 1.42. The summed E-state index contributed by atoms with van der Waals surface area (Å²) in [7, 11) is 0. The third-order valence-electron chi connectivity index (χ3n) is 0.716. The Morgan fingerprint density at radius 3 is 3.00 bits per heavy atom. The molecule has 0 amide bonds. The molecule has 1 N–H and O–H groups in total. The van der Waals surface area contributed by atoms with Gasteiger partial charge in [0, 0.05) is 5.75 Å². The molecule has 0 unspecified atom stereocenters. The van der Waals surface area contributed by atoms with E-state index in [0.717, 1.165) is 10.8 Å². The molecule has 0 fully saturated rings. The summed E-state index contributed by atoms with van der Waals surface area (Å²) < 4.78 is 0. The summed E-state index contributed by atoms with van der Waals surface area (Å²) in [5.74, 6) is 1.06.